The summed E-state index contributed by atoms with van der Waals surface area (Å²) in [7, 11) is 0. The molecule has 0 saturated heterocycles. The second kappa shape index (κ2) is 4.89. The standard InChI is InChI=1S/C23H36O/c1-13(2)16-6-5-15-11-20-18(12-17(15)16)21(24)23-10-7-14(3)19(23)8-9-22(20,23)4/h13-20H,5-12H2,1-4H3/t14-,15-,16+,17-,18+,19+,20-,22+,23+/m1/s1. The van der Waals surface area contributed by atoms with Crippen LogP contribution in [0.15, 0.2) is 0 Å². The van der Waals surface area contributed by atoms with E-state index in [9.17, 15) is 4.79 Å². The molecule has 0 aliphatic heterocycles. The highest BCUT2D eigenvalue weighted by Gasteiger charge is 2.74. The number of hydrogen-bond acceptors (Lipinski definition) is 1. The molecule has 9 atom stereocenters. The lowest BCUT2D eigenvalue weighted by molar-refractivity contribution is -0.133. The minimum absolute atomic E-state index is 0.105. The largest absolute Gasteiger partial charge is 0.299 e. The normalized spacial score (nSPS) is 58.7. The molecule has 0 aromatic heterocycles. The van der Waals surface area contributed by atoms with Gasteiger partial charge in [-0.1, -0.05) is 27.7 Å². The molecule has 5 rings (SSSR count). The van der Waals surface area contributed by atoms with Crippen molar-refractivity contribution in [2.24, 2.45) is 58.2 Å². The highest BCUT2D eigenvalue weighted by Crippen LogP contribution is 2.76. The molecule has 5 saturated carbocycles. The minimum atomic E-state index is 0.105. The Kier molecular flexibility index (Phi) is 3.24. The summed E-state index contributed by atoms with van der Waals surface area (Å²) < 4.78 is 0. The highest BCUT2D eigenvalue weighted by molar-refractivity contribution is 5.92. The Labute approximate surface area is 148 Å². The summed E-state index contributed by atoms with van der Waals surface area (Å²) >= 11 is 0. The molecular formula is C23H36O. The molecule has 0 N–H and O–H groups in total. The fourth-order valence-electron chi connectivity index (χ4n) is 9.29. The topological polar surface area (TPSA) is 17.1 Å². The number of rotatable bonds is 1. The van der Waals surface area contributed by atoms with E-state index >= 15 is 0 Å². The van der Waals surface area contributed by atoms with E-state index in [1.807, 2.05) is 0 Å². The van der Waals surface area contributed by atoms with Gasteiger partial charge in [-0.2, -0.15) is 0 Å². The molecule has 0 aromatic carbocycles. The molecule has 0 unspecified atom stereocenters. The zero-order valence-electron chi connectivity index (χ0n) is 16.2. The molecule has 0 aromatic rings. The first-order chi connectivity index (χ1) is 11.4. The first-order valence-corrected chi connectivity index (χ1v) is 10.9. The Morgan fingerprint density at radius 3 is 2.54 bits per heavy atom. The van der Waals surface area contributed by atoms with Crippen molar-refractivity contribution < 1.29 is 4.79 Å². The van der Waals surface area contributed by atoms with Crippen molar-refractivity contribution in [3.8, 4) is 0 Å². The van der Waals surface area contributed by atoms with Crippen molar-refractivity contribution in [3.05, 3.63) is 0 Å². The summed E-state index contributed by atoms with van der Waals surface area (Å²) in [6.45, 7) is 9.82. The summed E-state index contributed by atoms with van der Waals surface area (Å²) in [5, 5.41) is 0. The third kappa shape index (κ3) is 1.62. The Bertz CT molecular complexity index is 564. The van der Waals surface area contributed by atoms with Gasteiger partial charge >= 0.3 is 0 Å². The monoisotopic (exact) mass is 328 g/mol. The van der Waals surface area contributed by atoms with E-state index in [1.54, 1.807) is 0 Å². The van der Waals surface area contributed by atoms with Gasteiger partial charge in [0.05, 0.1) is 0 Å². The molecule has 134 valence electrons. The number of carbonyl (C=O) groups is 1. The summed E-state index contributed by atoms with van der Waals surface area (Å²) in [5.41, 5.74) is 0.457. The first kappa shape index (κ1) is 15.9. The Morgan fingerprint density at radius 2 is 1.79 bits per heavy atom. The zero-order valence-corrected chi connectivity index (χ0v) is 16.2. The van der Waals surface area contributed by atoms with E-state index in [-0.39, 0.29) is 5.41 Å². The lowest BCUT2D eigenvalue weighted by Crippen LogP contribution is -2.40. The van der Waals surface area contributed by atoms with Gasteiger partial charge in [0, 0.05) is 11.3 Å². The predicted octanol–water partition coefficient (Wildman–Crippen LogP) is 5.73. The molecule has 0 radical (unpaired) electrons. The Hall–Kier alpha value is -0.330. The number of fused-ring (bicyclic) bond motifs is 3. The van der Waals surface area contributed by atoms with Crippen LogP contribution in [0.25, 0.3) is 0 Å². The van der Waals surface area contributed by atoms with Crippen LogP contribution in [0.2, 0.25) is 0 Å². The number of ketones is 1. The maximum Gasteiger partial charge on any atom is 0.143 e. The molecular weight excluding hydrogens is 292 g/mol. The van der Waals surface area contributed by atoms with Crippen molar-refractivity contribution >= 4 is 5.78 Å². The molecule has 5 fully saturated rings. The Morgan fingerprint density at radius 1 is 1.00 bits per heavy atom. The van der Waals surface area contributed by atoms with E-state index in [4.69, 9.17) is 0 Å². The third-order valence-corrected chi connectivity index (χ3v) is 10.4. The van der Waals surface area contributed by atoms with Gasteiger partial charge in [0.15, 0.2) is 0 Å². The van der Waals surface area contributed by atoms with Gasteiger partial charge in [-0.3, -0.25) is 4.79 Å². The van der Waals surface area contributed by atoms with E-state index in [1.165, 1.54) is 51.4 Å². The van der Waals surface area contributed by atoms with E-state index in [0.717, 1.165) is 47.2 Å². The van der Waals surface area contributed by atoms with Gasteiger partial charge in [-0.25, -0.2) is 0 Å². The predicted molar refractivity (Wildman–Crippen MR) is 97.4 cm³/mol. The van der Waals surface area contributed by atoms with Crippen LogP contribution in [-0.2, 0) is 4.79 Å². The summed E-state index contributed by atoms with van der Waals surface area (Å²) in [6.07, 6.45) is 10.8. The SMILES string of the molecule is CC(C)[C@@H]1CC[C@@H]2C[C@@H]3[C@H](C[C@H]21)C(=O)[C@]12CC[C@@H](C)[C@@H]1CC[C@@]32C. The first-order valence-electron chi connectivity index (χ1n) is 10.9. The maximum absolute atomic E-state index is 13.8. The van der Waals surface area contributed by atoms with Gasteiger partial charge in [-0.15, -0.1) is 0 Å². The molecule has 0 amide bonds. The minimum Gasteiger partial charge on any atom is -0.299 e. The fraction of sp³-hybridized carbons (Fsp3) is 0.957. The lowest BCUT2D eigenvalue weighted by atomic mass is 9.59. The summed E-state index contributed by atoms with van der Waals surface area (Å²) in [6, 6.07) is 0. The van der Waals surface area contributed by atoms with Crippen molar-refractivity contribution in [1.82, 2.24) is 0 Å². The van der Waals surface area contributed by atoms with E-state index in [2.05, 4.69) is 27.7 Å². The quantitative estimate of drug-likeness (QED) is 0.601. The van der Waals surface area contributed by atoms with Crippen molar-refractivity contribution in [2.45, 2.75) is 79.1 Å². The van der Waals surface area contributed by atoms with Crippen LogP contribution in [0.4, 0.5) is 0 Å². The van der Waals surface area contributed by atoms with Crippen molar-refractivity contribution in [1.29, 1.82) is 0 Å². The molecule has 0 bridgehead atoms. The Balaban J connectivity index is 1.52. The van der Waals surface area contributed by atoms with E-state index < -0.39 is 0 Å². The lowest BCUT2D eigenvalue weighted by Gasteiger charge is -2.44. The molecule has 24 heavy (non-hydrogen) atoms. The average molecular weight is 329 g/mol. The van der Waals surface area contributed by atoms with E-state index in [0.29, 0.717) is 11.3 Å². The van der Waals surface area contributed by atoms with Crippen LogP contribution in [0, 0.1) is 58.2 Å². The smallest absolute Gasteiger partial charge is 0.143 e. The zero-order chi connectivity index (χ0) is 16.9. The van der Waals surface area contributed by atoms with Gasteiger partial charge in [0.25, 0.3) is 0 Å². The molecule has 5 aliphatic carbocycles. The third-order valence-electron chi connectivity index (χ3n) is 10.4. The summed E-state index contributed by atoms with van der Waals surface area (Å²) in [5.74, 6) is 6.95. The number of carbonyl (C=O) groups excluding carboxylic acids is 1. The highest BCUT2D eigenvalue weighted by atomic mass is 16.1. The molecule has 0 heterocycles. The van der Waals surface area contributed by atoms with Crippen LogP contribution in [-0.4, -0.2) is 5.78 Å². The van der Waals surface area contributed by atoms with Crippen LogP contribution in [0.1, 0.15) is 79.1 Å². The van der Waals surface area contributed by atoms with Crippen LogP contribution in [0.5, 0.6) is 0 Å². The van der Waals surface area contributed by atoms with Crippen LogP contribution >= 0.6 is 0 Å². The molecule has 1 heteroatoms. The second-order valence-corrected chi connectivity index (χ2v) is 11.0. The van der Waals surface area contributed by atoms with Crippen molar-refractivity contribution in [2.75, 3.05) is 0 Å². The van der Waals surface area contributed by atoms with Crippen molar-refractivity contribution in [3.63, 3.8) is 0 Å². The number of hydrogen-bond donors (Lipinski definition) is 0. The maximum atomic E-state index is 13.8. The molecule has 1 nitrogen and oxygen atoms in total. The van der Waals surface area contributed by atoms with Gasteiger partial charge in [0.1, 0.15) is 5.78 Å². The molecule has 1 spiro atoms. The average Bonchev–Trinajstić information content (AvgIpc) is 3.22. The second-order valence-electron chi connectivity index (χ2n) is 11.0. The fourth-order valence-corrected chi connectivity index (χ4v) is 9.29. The van der Waals surface area contributed by atoms with Crippen LogP contribution < -0.4 is 0 Å². The van der Waals surface area contributed by atoms with Gasteiger partial charge in [0.2, 0.25) is 0 Å². The van der Waals surface area contributed by atoms with Gasteiger partial charge in [-0.05, 0) is 98.2 Å². The molecule has 5 aliphatic rings. The number of Topliss-reactive ketones (excluding diaryl/α,β-unsaturated/α-hetero) is 1. The van der Waals surface area contributed by atoms with Gasteiger partial charge < -0.3 is 0 Å². The van der Waals surface area contributed by atoms with Crippen LogP contribution in [0.3, 0.4) is 0 Å². The summed E-state index contributed by atoms with van der Waals surface area (Å²) in [4.78, 5) is 13.8.